The van der Waals surface area contributed by atoms with Crippen LogP contribution in [-0.4, -0.2) is 27.9 Å². The summed E-state index contributed by atoms with van der Waals surface area (Å²) in [5.41, 5.74) is 4.19. The largest absolute Gasteiger partial charge is 0.454 e. The van der Waals surface area contributed by atoms with Crippen LogP contribution in [0.25, 0.3) is 17.0 Å². The third kappa shape index (κ3) is 3.89. The Morgan fingerprint density at radius 1 is 0.971 bits per heavy atom. The maximum Gasteiger partial charge on any atom is 0.322 e. The summed E-state index contributed by atoms with van der Waals surface area (Å²) in [5, 5.41) is 7.34. The molecule has 6 rings (SSSR count). The number of benzene rings is 3. The molecule has 2 amide bonds. The third-order valence-corrected chi connectivity index (χ3v) is 6.20. The molecular formula is C27H22N4O4. The monoisotopic (exact) mass is 466 g/mol. The lowest BCUT2D eigenvalue weighted by atomic mass is 9.94. The van der Waals surface area contributed by atoms with Crippen LogP contribution in [0.1, 0.15) is 30.0 Å². The fourth-order valence-electron chi connectivity index (χ4n) is 4.40. The number of fused-ring (bicyclic) bond motifs is 1. The minimum Gasteiger partial charge on any atom is -0.454 e. The van der Waals surface area contributed by atoms with Crippen molar-refractivity contribution < 1.29 is 18.8 Å². The highest BCUT2D eigenvalue weighted by Gasteiger charge is 2.36. The maximum absolute atomic E-state index is 13.3. The van der Waals surface area contributed by atoms with Gasteiger partial charge in [0.05, 0.1) is 18.2 Å². The molecule has 0 bridgehead atoms. The molecule has 174 valence electrons. The van der Waals surface area contributed by atoms with E-state index in [0.29, 0.717) is 29.8 Å². The molecule has 1 aromatic heterocycles. The number of carbonyl (C=O) groups is 1. The molecule has 2 aliphatic rings. The average molecular weight is 466 g/mol. The van der Waals surface area contributed by atoms with Gasteiger partial charge < -0.3 is 19.3 Å². The summed E-state index contributed by atoms with van der Waals surface area (Å²) >= 11 is 0. The van der Waals surface area contributed by atoms with Crippen molar-refractivity contribution in [3.8, 4) is 22.9 Å². The molecule has 35 heavy (non-hydrogen) atoms. The summed E-state index contributed by atoms with van der Waals surface area (Å²) in [5.74, 6) is 2.24. The summed E-state index contributed by atoms with van der Waals surface area (Å²) in [6, 6.07) is 24.5. The lowest BCUT2D eigenvalue weighted by Gasteiger charge is -2.35. The van der Waals surface area contributed by atoms with E-state index in [-0.39, 0.29) is 12.8 Å². The fraction of sp³-hybridized carbons (Fsp3) is 0.148. The van der Waals surface area contributed by atoms with Crippen LogP contribution >= 0.6 is 0 Å². The third-order valence-electron chi connectivity index (χ3n) is 6.20. The van der Waals surface area contributed by atoms with E-state index in [9.17, 15) is 4.79 Å². The van der Waals surface area contributed by atoms with Gasteiger partial charge in [-0.15, -0.1) is 0 Å². The van der Waals surface area contributed by atoms with Crippen molar-refractivity contribution in [3.05, 3.63) is 102 Å². The molecule has 4 aromatic rings. The van der Waals surface area contributed by atoms with Crippen LogP contribution in [0.2, 0.25) is 0 Å². The van der Waals surface area contributed by atoms with Gasteiger partial charge in [0, 0.05) is 11.3 Å². The number of amides is 2. The minimum absolute atomic E-state index is 0.200. The van der Waals surface area contributed by atoms with Crippen molar-refractivity contribution in [1.82, 2.24) is 20.4 Å². The normalized spacial score (nSPS) is 17.0. The second-order valence-electron chi connectivity index (χ2n) is 8.36. The van der Waals surface area contributed by atoms with Gasteiger partial charge in [0.2, 0.25) is 12.6 Å². The van der Waals surface area contributed by atoms with E-state index in [1.165, 1.54) is 0 Å². The molecule has 0 radical (unpaired) electrons. The first-order valence-corrected chi connectivity index (χ1v) is 11.3. The van der Waals surface area contributed by atoms with E-state index in [1.54, 1.807) is 4.90 Å². The van der Waals surface area contributed by atoms with Gasteiger partial charge in [-0.3, -0.25) is 4.90 Å². The SMILES string of the molecule is CC1=C(c2nc(-c3ccccc3)no2)C(c2ccccc2)NC(=O)N1Cc1ccc2c(c1)OCO2. The Morgan fingerprint density at radius 2 is 1.71 bits per heavy atom. The van der Waals surface area contributed by atoms with Gasteiger partial charge in [0.25, 0.3) is 5.89 Å². The maximum atomic E-state index is 13.3. The topological polar surface area (TPSA) is 89.7 Å². The summed E-state index contributed by atoms with van der Waals surface area (Å²) in [7, 11) is 0. The molecule has 0 saturated carbocycles. The van der Waals surface area contributed by atoms with Crippen molar-refractivity contribution in [1.29, 1.82) is 0 Å². The second-order valence-corrected chi connectivity index (χ2v) is 8.36. The highest BCUT2D eigenvalue weighted by molar-refractivity contribution is 5.86. The van der Waals surface area contributed by atoms with Gasteiger partial charge in [0.1, 0.15) is 0 Å². The molecule has 1 unspecified atom stereocenters. The molecule has 1 atom stereocenters. The Hall–Kier alpha value is -4.59. The van der Waals surface area contributed by atoms with Crippen LogP contribution in [0.15, 0.2) is 89.1 Å². The van der Waals surface area contributed by atoms with Gasteiger partial charge >= 0.3 is 6.03 Å². The van der Waals surface area contributed by atoms with E-state index < -0.39 is 6.04 Å². The van der Waals surface area contributed by atoms with Gasteiger partial charge in [-0.05, 0) is 30.2 Å². The highest BCUT2D eigenvalue weighted by Crippen LogP contribution is 2.39. The van der Waals surface area contributed by atoms with Crippen LogP contribution in [0.3, 0.4) is 0 Å². The minimum atomic E-state index is -0.430. The van der Waals surface area contributed by atoms with E-state index in [2.05, 4.69) is 10.5 Å². The van der Waals surface area contributed by atoms with E-state index in [0.717, 1.165) is 28.0 Å². The van der Waals surface area contributed by atoms with Gasteiger partial charge in [-0.1, -0.05) is 71.9 Å². The predicted molar refractivity (Wildman–Crippen MR) is 128 cm³/mol. The predicted octanol–water partition coefficient (Wildman–Crippen LogP) is 5.16. The van der Waals surface area contributed by atoms with Crippen molar-refractivity contribution in [3.63, 3.8) is 0 Å². The summed E-state index contributed by atoms with van der Waals surface area (Å²) in [6.07, 6.45) is 0. The highest BCUT2D eigenvalue weighted by atomic mass is 16.7. The van der Waals surface area contributed by atoms with Gasteiger partial charge in [0.15, 0.2) is 11.5 Å². The lowest BCUT2D eigenvalue weighted by Crippen LogP contribution is -2.45. The van der Waals surface area contributed by atoms with Crippen LogP contribution < -0.4 is 14.8 Å². The quantitative estimate of drug-likeness (QED) is 0.437. The fourth-order valence-corrected chi connectivity index (χ4v) is 4.40. The summed E-state index contributed by atoms with van der Waals surface area (Å²) < 4.78 is 16.7. The number of urea groups is 1. The number of aromatic nitrogens is 2. The zero-order chi connectivity index (χ0) is 23.8. The van der Waals surface area contributed by atoms with Crippen molar-refractivity contribution >= 4 is 11.6 Å². The van der Waals surface area contributed by atoms with E-state index >= 15 is 0 Å². The number of hydrogen-bond donors (Lipinski definition) is 1. The van der Waals surface area contributed by atoms with Gasteiger partial charge in [-0.25, -0.2) is 4.79 Å². The molecule has 0 fully saturated rings. The Bertz CT molecular complexity index is 1420. The number of allylic oxidation sites excluding steroid dienone is 1. The molecule has 3 heterocycles. The number of rotatable bonds is 5. The Morgan fingerprint density at radius 3 is 2.51 bits per heavy atom. The second kappa shape index (κ2) is 8.64. The standard InChI is InChI=1S/C27H22N4O4/c1-17-23(26-29-25(30-35-26)20-10-6-3-7-11-20)24(19-8-4-2-5-9-19)28-27(32)31(17)15-18-12-13-21-22(14-18)34-16-33-21/h2-14,24H,15-16H2,1H3,(H,28,32). The smallest absolute Gasteiger partial charge is 0.322 e. The van der Waals surface area contributed by atoms with Crippen LogP contribution in [-0.2, 0) is 6.54 Å². The van der Waals surface area contributed by atoms with Gasteiger partial charge in [-0.2, -0.15) is 4.98 Å². The average Bonchev–Trinajstić information content (AvgIpc) is 3.57. The molecule has 0 aliphatic carbocycles. The summed E-state index contributed by atoms with van der Waals surface area (Å²) in [6.45, 7) is 2.45. The molecule has 1 N–H and O–H groups in total. The van der Waals surface area contributed by atoms with Crippen molar-refractivity contribution in [2.45, 2.75) is 19.5 Å². The van der Waals surface area contributed by atoms with E-state index in [1.807, 2.05) is 85.8 Å². The zero-order valence-corrected chi connectivity index (χ0v) is 19.0. The first kappa shape index (κ1) is 21.0. The number of nitrogens with zero attached hydrogens (tertiary/aromatic N) is 3. The van der Waals surface area contributed by atoms with Crippen LogP contribution in [0.4, 0.5) is 4.79 Å². The van der Waals surface area contributed by atoms with Crippen molar-refractivity contribution in [2.24, 2.45) is 0 Å². The molecule has 0 spiro atoms. The summed E-state index contributed by atoms with van der Waals surface area (Å²) in [4.78, 5) is 19.7. The number of nitrogens with one attached hydrogen (secondary N) is 1. The first-order valence-electron chi connectivity index (χ1n) is 11.3. The Balaban J connectivity index is 1.41. The van der Waals surface area contributed by atoms with E-state index in [4.69, 9.17) is 19.0 Å². The molecule has 8 heteroatoms. The number of ether oxygens (including phenoxy) is 2. The Labute approximate surface area is 201 Å². The first-order chi connectivity index (χ1) is 17.2. The Kier molecular flexibility index (Phi) is 5.18. The molecule has 2 aliphatic heterocycles. The van der Waals surface area contributed by atoms with Crippen molar-refractivity contribution in [2.75, 3.05) is 6.79 Å². The van der Waals surface area contributed by atoms with Crippen LogP contribution in [0, 0.1) is 0 Å². The molecular weight excluding hydrogens is 444 g/mol. The zero-order valence-electron chi connectivity index (χ0n) is 19.0. The lowest BCUT2D eigenvalue weighted by molar-refractivity contribution is 0.174. The molecule has 3 aromatic carbocycles. The number of carbonyl (C=O) groups excluding carboxylic acids is 1. The van der Waals surface area contributed by atoms with Crippen LogP contribution in [0.5, 0.6) is 11.5 Å². The number of hydrogen-bond acceptors (Lipinski definition) is 6. The molecule has 8 nitrogen and oxygen atoms in total. The molecule has 0 saturated heterocycles.